The molecule has 2 aromatic rings. The molecule has 1 fully saturated rings. The van der Waals surface area contributed by atoms with Crippen molar-refractivity contribution >= 4 is 27.3 Å². The molecule has 0 spiro atoms. The third kappa shape index (κ3) is 4.56. The van der Waals surface area contributed by atoms with Crippen LogP contribution in [-0.2, 0) is 27.8 Å². The van der Waals surface area contributed by atoms with Crippen LogP contribution >= 0.6 is 11.3 Å². The Morgan fingerprint density at radius 3 is 2.74 bits per heavy atom. The smallest absolute Gasteiger partial charge is 0.243 e. The lowest BCUT2D eigenvalue weighted by atomic mass is 9.98. The Morgan fingerprint density at radius 2 is 2.07 bits per heavy atom. The number of nitrogens with zero attached hydrogens (tertiary/aromatic N) is 3. The van der Waals surface area contributed by atoms with Gasteiger partial charge in [-0.3, -0.25) is 4.79 Å². The zero-order valence-electron chi connectivity index (χ0n) is 15.7. The minimum atomic E-state index is -3.56. The lowest BCUT2D eigenvalue weighted by Crippen LogP contribution is -2.45. The predicted octanol–water partition coefficient (Wildman–Crippen LogP) is 2.76. The van der Waals surface area contributed by atoms with E-state index in [-0.39, 0.29) is 23.3 Å². The molecule has 1 unspecified atom stereocenters. The summed E-state index contributed by atoms with van der Waals surface area (Å²) in [5, 5.41) is 3.04. The van der Waals surface area contributed by atoms with E-state index in [1.807, 2.05) is 5.38 Å². The van der Waals surface area contributed by atoms with Crippen molar-refractivity contribution in [3.8, 4) is 0 Å². The largest absolute Gasteiger partial charge is 0.340 e. The molecule has 0 N–H and O–H groups in total. The van der Waals surface area contributed by atoms with Gasteiger partial charge in [-0.05, 0) is 31.4 Å². The molecule has 1 aromatic heterocycles. The van der Waals surface area contributed by atoms with Crippen LogP contribution in [0.4, 0.5) is 0 Å². The maximum atomic E-state index is 12.9. The maximum absolute atomic E-state index is 12.9. The first-order valence-corrected chi connectivity index (χ1v) is 11.5. The molecule has 1 atom stereocenters. The lowest BCUT2D eigenvalue weighted by Gasteiger charge is -2.33. The number of thiazole rings is 1. The minimum absolute atomic E-state index is 0.0194. The van der Waals surface area contributed by atoms with E-state index in [2.05, 4.69) is 11.9 Å². The Labute approximate surface area is 164 Å². The summed E-state index contributed by atoms with van der Waals surface area (Å²) in [4.78, 5) is 19.3. The number of benzene rings is 1. The highest BCUT2D eigenvalue weighted by Crippen LogP contribution is 2.25. The number of hydrogen-bond donors (Lipinski definition) is 0. The Hall–Kier alpha value is -1.77. The fourth-order valence-corrected chi connectivity index (χ4v) is 5.60. The van der Waals surface area contributed by atoms with Crippen LogP contribution in [0.2, 0.25) is 0 Å². The molecule has 1 amide bonds. The molecule has 1 aliphatic rings. The van der Waals surface area contributed by atoms with Gasteiger partial charge in [-0.1, -0.05) is 25.1 Å². The third-order valence-electron chi connectivity index (χ3n) is 4.79. The van der Waals surface area contributed by atoms with Crippen LogP contribution in [0.25, 0.3) is 0 Å². The first-order valence-electron chi connectivity index (χ1n) is 9.15. The second-order valence-corrected chi connectivity index (χ2v) is 9.68. The van der Waals surface area contributed by atoms with Gasteiger partial charge >= 0.3 is 0 Å². The highest BCUT2D eigenvalue weighted by molar-refractivity contribution is 7.89. The van der Waals surface area contributed by atoms with Crippen LogP contribution in [0.3, 0.4) is 0 Å². The number of carbonyl (C=O) groups excluding carboxylic acids is 1. The molecule has 3 rings (SSSR count). The molecule has 0 aliphatic carbocycles. The summed E-state index contributed by atoms with van der Waals surface area (Å²) in [5.41, 5.74) is 0.886. The van der Waals surface area contributed by atoms with Crippen molar-refractivity contribution in [2.45, 2.75) is 37.6 Å². The van der Waals surface area contributed by atoms with Gasteiger partial charge in [0.25, 0.3) is 0 Å². The SMILES string of the molecule is CCc1nc(CN(C)C(=O)C2CCCN(S(=O)(=O)c3ccccc3)C2)cs1. The molecule has 27 heavy (non-hydrogen) atoms. The van der Waals surface area contributed by atoms with Gasteiger partial charge in [0.05, 0.1) is 28.1 Å². The van der Waals surface area contributed by atoms with Crippen LogP contribution in [0.15, 0.2) is 40.6 Å². The van der Waals surface area contributed by atoms with E-state index in [0.29, 0.717) is 25.9 Å². The molecule has 1 aliphatic heterocycles. The molecule has 1 saturated heterocycles. The number of amides is 1. The Bertz CT molecular complexity index is 881. The summed E-state index contributed by atoms with van der Waals surface area (Å²) < 4.78 is 27.1. The Balaban J connectivity index is 1.67. The Morgan fingerprint density at radius 1 is 1.33 bits per heavy atom. The van der Waals surface area contributed by atoms with Crippen molar-refractivity contribution in [3.63, 3.8) is 0 Å². The fraction of sp³-hybridized carbons (Fsp3) is 0.474. The topological polar surface area (TPSA) is 70.6 Å². The summed E-state index contributed by atoms with van der Waals surface area (Å²) in [6.45, 7) is 3.20. The number of hydrogen-bond acceptors (Lipinski definition) is 5. The quantitative estimate of drug-likeness (QED) is 0.738. The lowest BCUT2D eigenvalue weighted by molar-refractivity contribution is -0.135. The zero-order valence-corrected chi connectivity index (χ0v) is 17.3. The van der Waals surface area contributed by atoms with Crippen molar-refractivity contribution in [1.82, 2.24) is 14.2 Å². The number of carbonyl (C=O) groups is 1. The molecule has 1 aromatic carbocycles. The average Bonchev–Trinajstić information content (AvgIpc) is 3.15. The van der Waals surface area contributed by atoms with E-state index in [1.54, 1.807) is 53.6 Å². The molecule has 0 saturated carbocycles. The van der Waals surface area contributed by atoms with Gasteiger partial charge in [-0.15, -0.1) is 11.3 Å². The first kappa shape index (κ1) is 20.0. The van der Waals surface area contributed by atoms with Gasteiger partial charge in [0, 0.05) is 25.5 Å². The summed E-state index contributed by atoms with van der Waals surface area (Å²) in [6, 6.07) is 8.41. The van der Waals surface area contributed by atoms with Gasteiger partial charge < -0.3 is 4.90 Å². The van der Waals surface area contributed by atoms with E-state index in [9.17, 15) is 13.2 Å². The van der Waals surface area contributed by atoms with Crippen molar-refractivity contribution < 1.29 is 13.2 Å². The number of rotatable bonds is 6. The van der Waals surface area contributed by atoms with E-state index in [1.165, 1.54) is 4.31 Å². The summed E-state index contributed by atoms with van der Waals surface area (Å²) in [5.74, 6) is -0.333. The highest BCUT2D eigenvalue weighted by Gasteiger charge is 2.34. The first-order chi connectivity index (χ1) is 12.9. The van der Waals surface area contributed by atoms with E-state index < -0.39 is 10.0 Å². The van der Waals surface area contributed by atoms with Crippen molar-refractivity contribution in [3.05, 3.63) is 46.4 Å². The standard InChI is InChI=1S/C19H25N3O3S2/c1-3-18-20-16(14-26-18)13-21(2)19(23)15-8-7-11-22(12-15)27(24,25)17-9-5-4-6-10-17/h4-6,9-10,14-15H,3,7-8,11-13H2,1-2H3. The van der Waals surface area contributed by atoms with Gasteiger partial charge in [0.15, 0.2) is 0 Å². The van der Waals surface area contributed by atoms with Crippen LogP contribution < -0.4 is 0 Å². The third-order valence-corrected chi connectivity index (χ3v) is 7.71. The van der Waals surface area contributed by atoms with Crippen LogP contribution in [0.5, 0.6) is 0 Å². The number of sulfonamides is 1. The van der Waals surface area contributed by atoms with Crippen LogP contribution in [0.1, 0.15) is 30.5 Å². The van der Waals surface area contributed by atoms with Crippen molar-refractivity contribution in [1.29, 1.82) is 0 Å². The normalized spacial score (nSPS) is 18.4. The second-order valence-electron chi connectivity index (χ2n) is 6.80. The predicted molar refractivity (Wildman–Crippen MR) is 106 cm³/mol. The number of piperidine rings is 1. The fourth-order valence-electron chi connectivity index (χ4n) is 3.32. The maximum Gasteiger partial charge on any atom is 0.243 e. The second kappa shape index (κ2) is 8.50. The molecular formula is C19H25N3O3S2. The van der Waals surface area contributed by atoms with Crippen LogP contribution in [0, 0.1) is 5.92 Å². The van der Waals surface area contributed by atoms with Gasteiger partial charge in [-0.25, -0.2) is 13.4 Å². The summed E-state index contributed by atoms with van der Waals surface area (Å²) in [6.07, 6.45) is 2.28. The molecule has 0 bridgehead atoms. The minimum Gasteiger partial charge on any atom is -0.340 e. The summed E-state index contributed by atoms with van der Waals surface area (Å²) in [7, 11) is -1.80. The molecule has 8 heteroatoms. The van der Waals surface area contributed by atoms with E-state index in [0.717, 1.165) is 17.1 Å². The van der Waals surface area contributed by atoms with Gasteiger partial charge in [0.1, 0.15) is 0 Å². The Kier molecular flexibility index (Phi) is 6.29. The van der Waals surface area contributed by atoms with Crippen molar-refractivity contribution in [2.24, 2.45) is 5.92 Å². The van der Waals surface area contributed by atoms with E-state index >= 15 is 0 Å². The number of aryl methyl sites for hydroxylation is 1. The molecule has 2 heterocycles. The van der Waals surface area contributed by atoms with Gasteiger partial charge in [0.2, 0.25) is 15.9 Å². The highest BCUT2D eigenvalue weighted by atomic mass is 32.2. The molecule has 6 nitrogen and oxygen atoms in total. The molecule has 146 valence electrons. The molecular weight excluding hydrogens is 382 g/mol. The van der Waals surface area contributed by atoms with E-state index in [4.69, 9.17) is 0 Å². The summed E-state index contributed by atoms with van der Waals surface area (Å²) >= 11 is 1.60. The monoisotopic (exact) mass is 407 g/mol. The zero-order chi connectivity index (χ0) is 19.4. The van der Waals surface area contributed by atoms with Gasteiger partial charge in [-0.2, -0.15) is 4.31 Å². The van der Waals surface area contributed by atoms with Crippen LogP contribution in [-0.4, -0.2) is 48.7 Å². The molecule has 0 radical (unpaired) electrons. The average molecular weight is 408 g/mol. The number of aromatic nitrogens is 1. The van der Waals surface area contributed by atoms with Crippen molar-refractivity contribution in [2.75, 3.05) is 20.1 Å².